The summed E-state index contributed by atoms with van der Waals surface area (Å²) in [7, 11) is 2.00. The molecule has 152 valence electrons. The van der Waals surface area contributed by atoms with E-state index in [-0.39, 0.29) is 17.1 Å². The molecule has 0 aliphatic heterocycles. The van der Waals surface area contributed by atoms with Gasteiger partial charge < -0.3 is 9.84 Å². The summed E-state index contributed by atoms with van der Waals surface area (Å²) >= 11 is 0. The molecule has 6 atom stereocenters. The highest BCUT2D eigenvalue weighted by Crippen LogP contribution is 2.66. The smallest absolute Gasteiger partial charge is 0.320 e. The van der Waals surface area contributed by atoms with E-state index in [4.69, 9.17) is 4.74 Å². The number of hydrogen-bond acceptors (Lipinski definition) is 5. The SMILES string of the molecule is CC12CCC(=O)C=C1CCC1C2=CCC2(C)C1CC[C@]2(OC(=O)P)C(=O)CO. The molecule has 2 fully saturated rings. The number of ketones is 2. The maximum absolute atomic E-state index is 12.8. The summed E-state index contributed by atoms with van der Waals surface area (Å²) in [5, 5.41) is 9.63. The Hall–Kier alpha value is -1.32. The minimum atomic E-state index is -1.26. The molecule has 0 aromatic rings. The zero-order valence-corrected chi connectivity index (χ0v) is 17.8. The first kappa shape index (κ1) is 20.0. The van der Waals surface area contributed by atoms with Crippen LogP contribution >= 0.6 is 9.24 Å². The summed E-state index contributed by atoms with van der Waals surface area (Å²) in [6.45, 7) is 3.70. The minimum absolute atomic E-state index is 0.0678. The van der Waals surface area contributed by atoms with Crippen molar-refractivity contribution in [2.24, 2.45) is 22.7 Å². The van der Waals surface area contributed by atoms with E-state index in [1.54, 1.807) is 0 Å². The lowest BCUT2D eigenvalue weighted by Gasteiger charge is -2.54. The van der Waals surface area contributed by atoms with E-state index in [9.17, 15) is 19.5 Å². The molecule has 5 unspecified atom stereocenters. The summed E-state index contributed by atoms with van der Waals surface area (Å²) < 4.78 is 5.68. The molecule has 5 nitrogen and oxygen atoms in total. The van der Waals surface area contributed by atoms with Crippen LogP contribution in [-0.4, -0.2) is 34.6 Å². The van der Waals surface area contributed by atoms with E-state index < -0.39 is 29.1 Å². The van der Waals surface area contributed by atoms with Crippen molar-refractivity contribution < 1.29 is 24.2 Å². The van der Waals surface area contributed by atoms with Gasteiger partial charge in [-0.05, 0) is 65.7 Å². The molecule has 0 aromatic heterocycles. The maximum atomic E-state index is 12.8. The molecule has 4 rings (SSSR count). The second kappa shape index (κ2) is 6.60. The van der Waals surface area contributed by atoms with Crippen LogP contribution in [0.15, 0.2) is 23.3 Å². The van der Waals surface area contributed by atoms with Gasteiger partial charge in [0, 0.05) is 17.3 Å². The van der Waals surface area contributed by atoms with Crippen LogP contribution in [-0.2, 0) is 14.3 Å². The topological polar surface area (TPSA) is 80.7 Å². The minimum Gasteiger partial charge on any atom is -0.448 e. The first-order valence-electron chi connectivity index (χ1n) is 10.2. The summed E-state index contributed by atoms with van der Waals surface area (Å²) in [5.74, 6) is 0.387. The molecular formula is C22H29O5P. The largest absolute Gasteiger partial charge is 0.448 e. The van der Waals surface area contributed by atoms with Gasteiger partial charge in [-0.1, -0.05) is 31.1 Å². The van der Waals surface area contributed by atoms with Crippen LogP contribution in [0.2, 0.25) is 0 Å². The molecule has 0 heterocycles. The number of carbonyl (C=O) groups excluding carboxylic acids is 3. The quantitative estimate of drug-likeness (QED) is 0.572. The van der Waals surface area contributed by atoms with Gasteiger partial charge in [-0.15, -0.1) is 0 Å². The Kier molecular flexibility index (Phi) is 4.71. The summed E-state index contributed by atoms with van der Waals surface area (Å²) in [4.78, 5) is 36.6. The van der Waals surface area contributed by atoms with Gasteiger partial charge in [-0.25, -0.2) is 4.79 Å². The molecule has 4 aliphatic rings. The highest BCUT2D eigenvalue weighted by molar-refractivity contribution is 7.39. The van der Waals surface area contributed by atoms with Gasteiger partial charge in [0.1, 0.15) is 6.61 Å². The Morgan fingerprint density at radius 3 is 2.68 bits per heavy atom. The van der Waals surface area contributed by atoms with Crippen molar-refractivity contribution in [1.82, 2.24) is 0 Å². The standard InChI is InChI=1S/C22H29O5P/c1-20-8-5-14(24)11-13(20)3-4-15-16(20)6-9-21(2)17(15)7-10-22(21,18(25)12-23)27-19(26)28/h6,11,15,17,23H,3-5,7-10,12,28H2,1-2H3/t15?,17?,20?,21?,22-/m0/s1. The summed E-state index contributed by atoms with van der Waals surface area (Å²) in [5.41, 5.74) is 0.264. The Labute approximate surface area is 168 Å². The van der Waals surface area contributed by atoms with Crippen LogP contribution in [0.25, 0.3) is 0 Å². The number of Topliss-reactive ketones (excluding diaryl/α,β-unsaturated/α-hetero) is 1. The summed E-state index contributed by atoms with van der Waals surface area (Å²) in [6, 6.07) is 0. The second-order valence-corrected chi connectivity index (χ2v) is 9.84. The number of hydrogen-bond donors (Lipinski definition) is 1. The number of allylic oxidation sites excluding steroid dienone is 4. The van der Waals surface area contributed by atoms with Crippen molar-refractivity contribution in [2.75, 3.05) is 6.61 Å². The predicted molar refractivity (Wildman–Crippen MR) is 108 cm³/mol. The van der Waals surface area contributed by atoms with E-state index >= 15 is 0 Å². The third-order valence-corrected chi connectivity index (χ3v) is 8.44. The number of carbonyl (C=O) groups is 3. The van der Waals surface area contributed by atoms with Crippen LogP contribution in [0.3, 0.4) is 0 Å². The molecule has 28 heavy (non-hydrogen) atoms. The van der Waals surface area contributed by atoms with Crippen molar-refractivity contribution in [3.05, 3.63) is 23.3 Å². The Bertz CT molecular complexity index is 814. The summed E-state index contributed by atoms with van der Waals surface area (Å²) in [6.07, 6.45) is 9.32. The van der Waals surface area contributed by atoms with E-state index in [0.717, 1.165) is 25.7 Å². The highest BCUT2D eigenvalue weighted by atomic mass is 31.0. The number of rotatable bonds is 3. The van der Waals surface area contributed by atoms with Gasteiger partial charge in [0.05, 0.1) is 0 Å². The average molecular weight is 404 g/mol. The molecule has 0 aromatic carbocycles. The van der Waals surface area contributed by atoms with Crippen molar-refractivity contribution >= 4 is 26.5 Å². The first-order chi connectivity index (χ1) is 13.2. The fraction of sp³-hybridized carbons (Fsp3) is 0.682. The molecular weight excluding hydrogens is 375 g/mol. The third-order valence-electron chi connectivity index (χ3n) is 8.33. The molecule has 2 saturated carbocycles. The molecule has 0 amide bonds. The Morgan fingerprint density at radius 2 is 2.00 bits per heavy atom. The van der Waals surface area contributed by atoms with Crippen molar-refractivity contribution in [3.8, 4) is 0 Å². The van der Waals surface area contributed by atoms with Gasteiger partial charge in [0.2, 0.25) is 5.78 Å². The van der Waals surface area contributed by atoms with Crippen LogP contribution < -0.4 is 0 Å². The number of aliphatic hydroxyl groups excluding tert-OH is 1. The van der Waals surface area contributed by atoms with Crippen LogP contribution in [0.5, 0.6) is 0 Å². The second-order valence-electron chi connectivity index (χ2n) is 9.37. The monoisotopic (exact) mass is 404 g/mol. The molecule has 0 radical (unpaired) electrons. The Balaban J connectivity index is 1.77. The van der Waals surface area contributed by atoms with E-state index in [0.29, 0.717) is 25.2 Å². The van der Waals surface area contributed by atoms with Gasteiger partial charge in [0.25, 0.3) is 0 Å². The lowest BCUT2D eigenvalue weighted by atomic mass is 9.50. The van der Waals surface area contributed by atoms with Crippen LogP contribution in [0.4, 0.5) is 4.79 Å². The number of aliphatic hydroxyl groups is 1. The normalized spacial score (nSPS) is 41.9. The molecule has 0 saturated heterocycles. The van der Waals surface area contributed by atoms with E-state index in [1.807, 2.05) is 15.3 Å². The third kappa shape index (κ3) is 2.55. The van der Waals surface area contributed by atoms with E-state index in [1.165, 1.54) is 11.1 Å². The Morgan fingerprint density at radius 1 is 1.25 bits per heavy atom. The average Bonchev–Trinajstić information content (AvgIpc) is 2.94. The number of ether oxygens (including phenoxy) is 1. The van der Waals surface area contributed by atoms with E-state index in [2.05, 4.69) is 19.9 Å². The lowest BCUT2D eigenvalue weighted by Crippen LogP contribution is -2.57. The molecule has 0 spiro atoms. The van der Waals surface area contributed by atoms with Gasteiger partial charge in [0.15, 0.2) is 11.4 Å². The van der Waals surface area contributed by atoms with Crippen LogP contribution in [0.1, 0.15) is 58.8 Å². The lowest BCUT2D eigenvalue weighted by molar-refractivity contribution is -0.154. The van der Waals surface area contributed by atoms with Gasteiger partial charge >= 0.3 is 5.71 Å². The number of fused-ring (bicyclic) bond motifs is 5. The van der Waals surface area contributed by atoms with Gasteiger partial charge in [-0.2, -0.15) is 0 Å². The molecule has 0 bridgehead atoms. The predicted octanol–water partition coefficient (Wildman–Crippen LogP) is 3.75. The molecule has 1 N–H and O–H groups in total. The fourth-order valence-electron chi connectivity index (χ4n) is 6.84. The molecule has 4 aliphatic carbocycles. The van der Waals surface area contributed by atoms with Crippen LogP contribution in [0, 0.1) is 22.7 Å². The van der Waals surface area contributed by atoms with Crippen molar-refractivity contribution in [1.29, 1.82) is 0 Å². The highest BCUT2D eigenvalue weighted by Gasteiger charge is 2.66. The van der Waals surface area contributed by atoms with Gasteiger partial charge in [-0.3, -0.25) is 9.59 Å². The maximum Gasteiger partial charge on any atom is 0.320 e. The molecule has 6 heteroatoms. The fourth-order valence-corrected chi connectivity index (χ4v) is 7.04. The zero-order chi connectivity index (χ0) is 20.3. The first-order valence-corrected chi connectivity index (χ1v) is 10.8. The van der Waals surface area contributed by atoms with Crippen molar-refractivity contribution in [3.63, 3.8) is 0 Å². The zero-order valence-electron chi connectivity index (χ0n) is 16.6. The van der Waals surface area contributed by atoms with Crippen molar-refractivity contribution in [2.45, 2.75) is 64.4 Å².